The van der Waals surface area contributed by atoms with E-state index in [0.717, 1.165) is 22.3 Å². The quantitative estimate of drug-likeness (QED) is 0.551. The molecule has 2 aliphatic heterocycles. The number of carbonyl (C=O) groups is 3. The number of nitrogens with zero attached hydrogens (tertiary/aromatic N) is 1. The van der Waals surface area contributed by atoms with Gasteiger partial charge in [-0.25, -0.2) is 0 Å². The molecule has 1 saturated carbocycles. The first-order valence-corrected chi connectivity index (χ1v) is 11.9. The number of Topliss-reactive ketones (excluding diaryl/α,β-unsaturated/α-hetero) is 1. The average Bonchev–Trinajstić information content (AvgIpc) is 3.40. The molecule has 0 radical (unpaired) electrons. The first kappa shape index (κ1) is 21.9. The number of hydrogen-bond acceptors (Lipinski definition) is 5. The van der Waals surface area contributed by atoms with Gasteiger partial charge >= 0.3 is 0 Å². The standard InChI is InChI=1S/C29H25NO5/c1-17(14-15-31)21-16-35-29(25(21)18-8-4-2-5-9-18)22-13-12-20(26(29)32)23-24(22)28(34)30(27(23)33)19-10-6-3-7-11-19/h2-14,20,22-24,31H,15-16H2,1H3/b17-14+/t20-,22?,23-,24+,29-/m1/s1. The van der Waals surface area contributed by atoms with Crippen molar-refractivity contribution < 1.29 is 24.2 Å². The Morgan fingerprint density at radius 1 is 1.00 bits per heavy atom. The van der Waals surface area contributed by atoms with E-state index in [2.05, 4.69) is 0 Å². The van der Waals surface area contributed by atoms with Crippen LogP contribution in [0, 0.1) is 23.7 Å². The van der Waals surface area contributed by atoms with Gasteiger partial charge in [-0.3, -0.25) is 19.3 Å². The highest BCUT2D eigenvalue weighted by Gasteiger charge is 2.71. The number of ether oxygens (including phenoxy) is 1. The second-order valence-electron chi connectivity index (χ2n) is 9.51. The largest absolute Gasteiger partial charge is 0.392 e. The Morgan fingerprint density at radius 3 is 2.34 bits per heavy atom. The summed E-state index contributed by atoms with van der Waals surface area (Å²) in [6, 6.07) is 18.5. The van der Waals surface area contributed by atoms with Crippen LogP contribution in [0.2, 0.25) is 0 Å². The predicted octanol–water partition coefficient (Wildman–Crippen LogP) is 3.34. The maximum atomic E-state index is 14.2. The number of ketones is 1. The molecule has 2 fully saturated rings. The van der Waals surface area contributed by atoms with Crippen molar-refractivity contribution in [2.24, 2.45) is 23.7 Å². The van der Waals surface area contributed by atoms with Crippen LogP contribution in [0.25, 0.3) is 5.57 Å². The van der Waals surface area contributed by atoms with E-state index in [1.165, 1.54) is 4.90 Å². The molecule has 35 heavy (non-hydrogen) atoms. The Bertz CT molecular complexity index is 1330. The van der Waals surface area contributed by atoms with Crippen molar-refractivity contribution in [3.8, 4) is 0 Å². The maximum absolute atomic E-state index is 14.2. The van der Waals surface area contributed by atoms with Crippen molar-refractivity contribution in [2.75, 3.05) is 18.1 Å². The zero-order valence-electron chi connectivity index (χ0n) is 19.3. The lowest BCUT2D eigenvalue weighted by atomic mass is 9.53. The van der Waals surface area contributed by atoms with Crippen LogP contribution in [0.3, 0.4) is 0 Å². The first-order valence-electron chi connectivity index (χ1n) is 11.9. The van der Waals surface area contributed by atoms with Gasteiger partial charge in [0.15, 0.2) is 11.4 Å². The van der Waals surface area contributed by atoms with Gasteiger partial charge in [0.1, 0.15) is 0 Å². The molecular formula is C29H25NO5. The summed E-state index contributed by atoms with van der Waals surface area (Å²) in [5.41, 5.74) is 2.41. The zero-order valence-corrected chi connectivity index (χ0v) is 19.3. The number of rotatable bonds is 4. The number of amides is 2. The molecule has 5 atom stereocenters. The Balaban J connectivity index is 1.53. The monoisotopic (exact) mass is 467 g/mol. The van der Waals surface area contributed by atoms with Gasteiger partial charge in [-0.2, -0.15) is 0 Å². The van der Waals surface area contributed by atoms with Gasteiger partial charge in [0.25, 0.3) is 0 Å². The number of imide groups is 1. The van der Waals surface area contributed by atoms with E-state index in [0.29, 0.717) is 5.69 Å². The van der Waals surface area contributed by atoms with Crippen LogP contribution < -0.4 is 4.90 Å². The summed E-state index contributed by atoms with van der Waals surface area (Å²) in [6.45, 7) is 1.95. The van der Waals surface area contributed by atoms with E-state index >= 15 is 0 Å². The average molecular weight is 468 g/mol. The van der Waals surface area contributed by atoms with Gasteiger partial charge in [-0.15, -0.1) is 0 Å². The number of hydrogen-bond donors (Lipinski definition) is 1. The lowest BCUT2D eigenvalue weighted by molar-refractivity contribution is -0.159. The van der Waals surface area contributed by atoms with Crippen LogP contribution in [0.4, 0.5) is 5.69 Å². The fourth-order valence-corrected chi connectivity index (χ4v) is 6.41. The fourth-order valence-electron chi connectivity index (χ4n) is 6.41. The summed E-state index contributed by atoms with van der Waals surface area (Å²) >= 11 is 0. The molecular weight excluding hydrogens is 442 g/mol. The molecule has 176 valence electrons. The van der Waals surface area contributed by atoms with E-state index in [9.17, 15) is 19.5 Å². The minimum Gasteiger partial charge on any atom is -0.392 e. The molecule has 1 saturated heterocycles. The van der Waals surface area contributed by atoms with Crippen molar-refractivity contribution in [1.82, 2.24) is 0 Å². The lowest BCUT2D eigenvalue weighted by Crippen LogP contribution is -2.62. The van der Waals surface area contributed by atoms with Crippen LogP contribution in [0.15, 0.2) is 90.0 Å². The minimum absolute atomic E-state index is 0.131. The molecule has 6 heteroatoms. The highest BCUT2D eigenvalue weighted by molar-refractivity contribution is 6.25. The Labute approximate surface area is 203 Å². The molecule has 3 aliphatic carbocycles. The van der Waals surface area contributed by atoms with Gasteiger partial charge in [0, 0.05) is 11.5 Å². The highest BCUT2D eigenvalue weighted by atomic mass is 16.5. The summed E-state index contributed by atoms with van der Waals surface area (Å²) in [4.78, 5) is 42.8. The molecule has 2 amide bonds. The number of carbonyl (C=O) groups excluding carboxylic acids is 3. The molecule has 6 nitrogen and oxygen atoms in total. The highest BCUT2D eigenvalue weighted by Crippen LogP contribution is 2.60. The van der Waals surface area contributed by atoms with Crippen molar-refractivity contribution in [3.63, 3.8) is 0 Å². The normalized spacial score (nSPS) is 31.8. The predicted molar refractivity (Wildman–Crippen MR) is 130 cm³/mol. The van der Waals surface area contributed by atoms with Gasteiger partial charge in [0.2, 0.25) is 11.8 Å². The molecule has 2 heterocycles. The third-order valence-corrected chi connectivity index (χ3v) is 7.90. The third kappa shape index (κ3) is 2.87. The summed E-state index contributed by atoms with van der Waals surface area (Å²) < 4.78 is 6.43. The lowest BCUT2D eigenvalue weighted by Gasteiger charge is -2.49. The van der Waals surface area contributed by atoms with Crippen LogP contribution in [0.5, 0.6) is 0 Å². The van der Waals surface area contributed by atoms with Crippen molar-refractivity contribution in [3.05, 3.63) is 95.6 Å². The Morgan fingerprint density at radius 2 is 1.66 bits per heavy atom. The maximum Gasteiger partial charge on any atom is 0.238 e. The summed E-state index contributed by atoms with van der Waals surface area (Å²) in [5, 5.41) is 9.53. The summed E-state index contributed by atoms with van der Waals surface area (Å²) in [6.07, 6.45) is 5.40. The van der Waals surface area contributed by atoms with Gasteiger partial charge < -0.3 is 9.84 Å². The molecule has 5 aliphatic rings. The Kier molecular flexibility index (Phi) is 4.99. The molecule has 7 rings (SSSR count). The van der Waals surface area contributed by atoms with E-state index in [4.69, 9.17) is 4.74 Å². The van der Waals surface area contributed by atoms with E-state index in [-0.39, 0.29) is 30.8 Å². The smallest absolute Gasteiger partial charge is 0.238 e. The number of aliphatic hydroxyl groups excluding tert-OH is 1. The number of para-hydroxylation sites is 1. The number of aliphatic hydroxyl groups is 1. The second kappa shape index (κ2) is 7.97. The second-order valence-corrected chi connectivity index (χ2v) is 9.51. The fraction of sp³-hybridized carbons (Fsp3) is 0.276. The van der Waals surface area contributed by atoms with Crippen molar-refractivity contribution >= 4 is 28.9 Å². The zero-order chi connectivity index (χ0) is 24.3. The molecule has 2 aromatic carbocycles. The van der Waals surface area contributed by atoms with E-state index < -0.39 is 29.3 Å². The van der Waals surface area contributed by atoms with Gasteiger partial charge in [-0.05, 0) is 35.8 Å². The van der Waals surface area contributed by atoms with Gasteiger partial charge in [0.05, 0.1) is 36.7 Å². The van der Waals surface area contributed by atoms with Crippen molar-refractivity contribution in [1.29, 1.82) is 0 Å². The molecule has 1 unspecified atom stereocenters. The van der Waals surface area contributed by atoms with Crippen LogP contribution in [0.1, 0.15) is 12.5 Å². The molecule has 1 N–H and O–H groups in total. The first-order chi connectivity index (χ1) is 17.0. The van der Waals surface area contributed by atoms with Crippen LogP contribution in [-0.2, 0) is 19.1 Å². The topological polar surface area (TPSA) is 83.9 Å². The number of anilines is 1. The van der Waals surface area contributed by atoms with E-state index in [1.807, 2.05) is 49.4 Å². The summed E-state index contributed by atoms with van der Waals surface area (Å²) in [5.74, 6) is -3.55. The minimum atomic E-state index is -1.36. The number of allylic oxidation sites excluding steroid dienone is 1. The molecule has 2 bridgehead atoms. The molecule has 2 aromatic rings. The van der Waals surface area contributed by atoms with E-state index in [1.54, 1.807) is 36.4 Å². The molecule has 0 aromatic heterocycles. The third-order valence-electron chi connectivity index (χ3n) is 7.90. The Hall–Kier alpha value is -3.61. The summed E-state index contributed by atoms with van der Waals surface area (Å²) in [7, 11) is 0. The number of benzene rings is 2. The SMILES string of the molecule is C/C(=C\CO)C1=C(c2ccccc2)[C@@]2(OC1)C(=O)[C@@H]1C=CC2[C@@H]2C(=O)N(c3ccccc3)C(=O)[C@H]12. The van der Waals surface area contributed by atoms with Crippen LogP contribution >= 0.6 is 0 Å². The van der Waals surface area contributed by atoms with Crippen LogP contribution in [-0.4, -0.2) is 41.5 Å². The van der Waals surface area contributed by atoms with Crippen molar-refractivity contribution in [2.45, 2.75) is 12.5 Å². The van der Waals surface area contributed by atoms with Gasteiger partial charge in [-0.1, -0.05) is 66.8 Å². The molecule has 1 spiro atoms.